The Hall–Kier alpha value is -0.870. The Morgan fingerprint density at radius 1 is 1.33 bits per heavy atom. The lowest BCUT2D eigenvalue weighted by Crippen LogP contribution is -2.37. The molecule has 3 heterocycles. The van der Waals surface area contributed by atoms with Crippen LogP contribution in [0.1, 0.15) is 24.8 Å². The summed E-state index contributed by atoms with van der Waals surface area (Å²) >= 11 is 5.98. The zero-order chi connectivity index (χ0) is 12.5. The molecule has 2 aliphatic heterocycles. The molecule has 98 valence electrons. The average molecular weight is 267 g/mol. The number of aromatic nitrogens is 2. The van der Waals surface area contributed by atoms with Crippen molar-refractivity contribution in [3.05, 3.63) is 18.1 Å². The van der Waals surface area contributed by atoms with Gasteiger partial charge in [0.05, 0.1) is 5.88 Å². The number of fused-ring (bicyclic) bond motifs is 2. The highest BCUT2D eigenvalue weighted by Gasteiger charge is 2.35. The Kier molecular flexibility index (Phi) is 3.39. The van der Waals surface area contributed by atoms with E-state index in [1.807, 2.05) is 6.20 Å². The molecule has 0 aliphatic carbocycles. The molecular formula is C13H19ClN4. The molecule has 1 aromatic heterocycles. The molecule has 0 amide bonds. The SMILES string of the molecule is CN1C2CCC1CN(c1ncncc1CCl)CC2. The number of hydrogen-bond acceptors (Lipinski definition) is 4. The summed E-state index contributed by atoms with van der Waals surface area (Å²) in [5, 5.41) is 0. The van der Waals surface area contributed by atoms with Gasteiger partial charge in [-0.3, -0.25) is 4.90 Å². The van der Waals surface area contributed by atoms with Crippen LogP contribution in [0.3, 0.4) is 0 Å². The normalized spacial score (nSPS) is 28.4. The summed E-state index contributed by atoms with van der Waals surface area (Å²) in [5.41, 5.74) is 1.04. The van der Waals surface area contributed by atoms with Crippen molar-refractivity contribution >= 4 is 17.4 Å². The van der Waals surface area contributed by atoms with E-state index in [0.29, 0.717) is 11.9 Å². The maximum absolute atomic E-state index is 5.98. The Balaban J connectivity index is 1.84. The van der Waals surface area contributed by atoms with Crippen molar-refractivity contribution in [2.75, 3.05) is 25.0 Å². The summed E-state index contributed by atoms with van der Waals surface area (Å²) < 4.78 is 0. The van der Waals surface area contributed by atoms with Crippen molar-refractivity contribution in [2.45, 2.75) is 37.2 Å². The highest BCUT2D eigenvalue weighted by molar-refractivity contribution is 6.17. The molecule has 2 aliphatic rings. The molecule has 2 fully saturated rings. The fraction of sp³-hybridized carbons (Fsp3) is 0.692. The summed E-state index contributed by atoms with van der Waals surface area (Å²) in [6.45, 7) is 2.14. The van der Waals surface area contributed by atoms with Gasteiger partial charge in [-0.2, -0.15) is 0 Å². The van der Waals surface area contributed by atoms with E-state index in [4.69, 9.17) is 11.6 Å². The number of rotatable bonds is 2. The van der Waals surface area contributed by atoms with E-state index in [-0.39, 0.29) is 0 Å². The molecule has 0 radical (unpaired) electrons. The monoisotopic (exact) mass is 266 g/mol. The molecule has 4 nitrogen and oxygen atoms in total. The summed E-state index contributed by atoms with van der Waals surface area (Å²) in [6, 6.07) is 1.41. The third-order valence-corrected chi connectivity index (χ3v) is 4.64. The molecule has 18 heavy (non-hydrogen) atoms. The van der Waals surface area contributed by atoms with Gasteiger partial charge in [0.15, 0.2) is 0 Å². The predicted molar refractivity (Wildman–Crippen MR) is 73.0 cm³/mol. The van der Waals surface area contributed by atoms with Crippen molar-refractivity contribution < 1.29 is 0 Å². The predicted octanol–water partition coefficient (Wildman–Crippen LogP) is 1.89. The third-order valence-electron chi connectivity index (χ3n) is 4.36. The Morgan fingerprint density at radius 2 is 2.17 bits per heavy atom. The van der Waals surface area contributed by atoms with Crippen LogP contribution in [-0.2, 0) is 5.88 Å². The maximum atomic E-state index is 5.98. The maximum Gasteiger partial charge on any atom is 0.136 e. The molecule has 0 saturated carbocycles. The lowest BCUT2D eigenvalue weighted by molar-refractivity contribution is 0.254. The van der Waals surface area contributed by atoms with Crippen molar-refractivity contribution in [3.63, 3.8) is 0 Å². The van der Waals surface area contributed by atoms with Crippen LogP contribution in [0, 0.1) is 0 Å². The molecule has 5 heteroatoms. The zero-order valence-corrected chi connectivity index (χ0v) is 11.5. The Morgan fingerprint density at radius 3 is 3.00 bits per heavy atom. The molecule has 2 unspecified atom stereocenters. The van der Waals surface area contributed by atoms with Crippen molar-refractivity contribution in [1.82, 2.24) is 14.9 Å². The first kappa shape index (κ1) is 12.2. The first-order valence-corrected chi connectivity index (χ1v) is 7.14. The number of likely N-dealkylation sites (N-methyl/N-ethyl adjacent to an activating group) is 1. The number of halogens is 1. The van der Waals surface area contributed by atoms with Gasteiger partial charge in [-0.15, -0.1) is 11.6 Å². The average Bonchev–Trinajstić information content (AvgIpc) is 2.63. The van der Waals surface area contributed by atoms with Gasteiger partial charge in [0.1, 0.15) is 12.1 Å². The van der Waals surface area contributed by atoms with Crippen LogP contribution in [0.2, 0.25) is 0 Å². The number of nitrogens with zero attached hydrogens (tertiary/aromatic N) is 4. The van der Waals surface area contributed by atoms with E-state index in [0.717, 1.165) is 30.5 Å². The van der Waals surface area contributed by atoms with Crippen LogP contribution in [-0.4, -0.2) is 47.1 Å². The van der Waals surface area contributed by atoms with Crippen molar-refractivity contribution in [3.8, 4) is 0 Å². The molecule has 2 saturated heterocycles. The summed E-state index contributed by atoms with van der Waals surface area (Å²) in [4.78, 5) is 13.4. The second-order valence-electron chi connectivity index (χ2n) is 5.29. The fourth-order valence-corrected chi connectivity index (χ4v) is 3.42. The zero-order valence-electron chi connectivity index (χ0n) is 10.7. The highest BCUT2D eigenvalue weighted by Crippen LogP contribution is 2.31. The van der Waals surface area contributed by atoms with E-state index in [2.05, 4.69) is 26.8 Å². The van der Waals surface area contributed by atoms with Crippen LogP contribution in [0.4, 0.5) is 5.82 Å². The van der Waals surface area contributed by atoms with E-state index in [9.17, 15) is 0 Å². The number of alkyl halides is 1. The van der Waals surface area contributed by atoms with E-state index < -0.39 is 0 Å². The van der Waals surface area contributed by atoms with Gasteiger partial charge < -0.3 is 4.90 Å². The standard InChI is InChI=1S/C13H19ClN4/c1-17-11-2-3-12(17)8-18(5-4-11)13-10(6-14)7-15-9-16-13/h7,9,11-12H,2-6,8H2,1H3. The first-order chi connectivity index (χ1) is 8.79. The molecule has 2 bridgehead atoms. The van der Waals surface area contributed by atoms with Gasteiger partial charge in [0, 0.05) is 36.9 Å². The lowest BCUT2D eigenvalue weighted by Gasteiger charge is -2.27. The molecular weight excluding hydrogens is 248 g/mol. The highest BCUT2D eigenvalue weighted by atomic mass is 35.5. The smallest absolute Gasteiger partial charge is 0.136 e. The van der Waals surface area contributed by atoms with Crippen LogP contribution < -0.4 is 4.90 Å². The second-order valence-corrected chi connectivity index (χ2v) is 5.56. The van der Waals surface area contributed by atoms with Crippen molar-refractivity contribution in [1.29, 1.82) is 0 Å². The fourth-order valence-electron chi connectivity index (χ4n) is 3.23. The first-order valence-electron chi connectivity index (χ1n) is 6.61. The molecule has 0 N–H and O–H groups in total. The number of hydrogen-bond donors (Lipinski definition) is 0. The van der Waals surface area contributed by atoms with E-state index >= 15 is 0 Å². The quantitative estimate of drug-likeness (QED) is 0.766. The molecule has 3 rings (SSSR count). The van der Waals surface area contributed by atoms with E-state index in [1.54, 1.807) is 6.33 Å². The topological polar surface area (TPSA) is 32.3 Å². The summed E-state index contributed by atoms with van der Waals surface area (Å²) in [7, 11) is 2.26. The lowest BCUT2D eigenvalue weighted by atomic mass is 10.1. The largest absolute Gasteiger partial charge is 0.355 e. The molecule has 1 aromatic rings. The second kappa shape index (κ2) is 5.02. The van der Waals surface area contributed by atoms with Crippen LogP contribution in [0.15, 0.2) is 12.5 Å². The van der Waals surface area contributed by atoms with Crippen LogP contribution >= 0.6 is 11.6 Å². The minimum Gasteiger partial charge on any atom is -0.355 e. The Bertz CT molecular complexity index is 425. The third kappa shape index (κ3) is 2.08. The van der Waals surface area contributed by atoms with Gasteiger partial charge >= 0.3 is 0 Å². The van der Waals surface area contributed by atoms with Gasteiger partial charge in [-0.25, -0.2) is 9.97 Å². The van der Waals surface area contributed by atoms with Gasteiger partial charge in [0.2, 0.25) is 0 Å². The van der Waals surface area contributed by atoms with Crippen LogP contribution in [0.5, 0.6) is 0 Å². The van der Waals surface area contributed by atoms with Gasteiger partial charge in [0.25, 0.3) is 0 Å². The summed E-state index contributed by atoms with van der Waals surface area (Å²) in [6.07, 6.45) is 7.33. The Labute approximate surface area is 113 Å². The van der Waals surface area contributed by atoms with Gasteiger partial charge in [-0.1, -0.05) is 0 Å². The minimum atomic E-state index is 0.483. The van der Waals surface area contributed by atoms with E-state index in [1.165, 1.54) is 19.3 Å². The number of anilines is 1. The van der Waals surface area contributed by atoms with Crippen LogP contribution in [0.25, 0.3) is 0 Å². The van der Waals surface area contributed by atoms with Crippen molar-refractivity contribution in [2.24, 2.45) is 0 Å². The molecule has 0 aromatic carbocycles. The molecule has 0 spiro atoms. The minimum absolute atomic E-state index is 0.483. The van der Waals surface area contributed by atoms with Gasteiger partial charge in [-0.05, 0) is 26.3 Å². The summed E-state index contributed by atoms with van der Waals surface area (Å²) in [5.74, 6) is 1.51. The molecule has 2 atom stereocenters.